The van der Waals surface area contributed by atoms with Crippen LogP contribution in [0.5, 0.6) is 0 Å². The molecule has 10 heteroatoms. The van der Waals surface area contributed by atoms with E-state index in [2.05, 4.69) is 4.98 Å². The van der Waals surface area contributed by atoms with Crippen molar-refractivity contribution in [1.82, 2.24) is 14.0 Å². The molecule has 10 nitrogen and oxygen atoms in total. The lowest BCUT2D eigenvalue weighted by Gasteiger charge is -2.19. The van der Waals surface area contributed by atoms with Gasteiger partial charge in [0, 0.05) is 17.3 Å². The molecule has 0 saturated carbocycles. The van der Waals surface area contributed by atoms with E-state index in [0.29, 0.717) is 11.3 Å². The van der Waals surface area contributed by atoms with Crippen LogP contribution in [0.25, 0.3) is 27.5 Å². The number of ether oxygens (including phenoxy) is 1. The van der Waals surface area contributed by atoms with E-state index in [0.717, 1.165) is 21.2 Å². The molecule has 3 aromatic heterocycles. The highest BCUT2D eigenvalue weighted by molar-refractivity contribution is 6.12. The van der Waals surface area contributed by atoms with Gasteiger partial charge in [-0.1, -0.05) is 24.3 Å². The number of carboxylic acid groups (broad SMARTS) is 1. The lowest BCUT2D eigenvalue weighted by Crippen LogP contribution is -2.39. The molecular formula is C31H27N3O7. The van der Waals surface area contributed by atoms with Crippen LogP contribution in [-0.2, 0) is 16.1 Å². The Kier molecular flexibility index (Phi) is 6.70. The van der Waals surface area contributed by atoms with Crippen molar-refractivity contribution in [2.45, 2.75) is 39.8 Å². The number of benzene rings is 2. The number of hydrogen-bond donors (Lipinski definition) is 2. The van der Waals surface area contributed by atoms with Crippen LogP contribution in [0.4, 0.5) is 0 Å². The standard InChI is InChI=1S/C31H27N3O7/c1-17-25(18-8-10-19(11-9-18)29(38)39)23-7-5-6-14-33(23)26(17)27(36)20-12-13-21-22(15-20)32-30(40)34(28(21)37)16-24(35)41-31(2,3)4/h5-15H,16H2,1-4H3,(H,32,40)(H,38,39). The predicted molar refractivity (Wildman–Crippen MR) is 153 cm³/mol. The molecule has 0 aliphatic heterocycles. The molecule has 5 aromatic rings. The Hall–Kier alpha value is -5.25. The van der Waals surface area contributed by atoms with Crippen molar-refractivity contribution in [2.75, 3.05) is 0 Å². The number of pyridine rings is 1. The Morgan fingerprint density at radius 1 is 0.951 bits per heavy atom. The molecule has 0 fully saturated rings. The van der Waals surface area contributed by atoms with Gasteiger partial charge in [0.1, 0.15) is 12.1 Å². The molecule has 0 bridgehead atoms. The molecule has 2 N–H and O–H groups in total. The molecule has 0 unspecified atom stereocenters. The van der Waals surface area contributed by atoms with E-state index in [4.69, 9.17) is 4.74 Å². The largest absolute Gasteiger partial charge is 0.478 e. The molecule has 0 aliphatic carbocycles. The van der Waals surface area contributed by atoms with Crippen LogP contribution in [0.2, 0.25) is 0 Å². The van der Waals surface area contributed by atoms with Crippen LogP contribution in [-0.4, -0.2) is 42.4 Å². The number of aromatic amines is 1. The first kappa shape index (κ1) is 27.3. The number of hydrogen-bond acceptors (Lipinski definition) is 6. The lowest BCUT2D eigenvalue weighted by atomic mass is 9.98. The van der Waals surface area contributed by atoms with Crippen molar-refractivity contribution in [2.24, 2.45) is 0 Å². The number of rotatable bonds is 6. The van der Waals surface area contributed by atoms with E-state index in [1.165, 1.54) is 30.3 Å². The molecule has 0 saturated heterocycles. The lowest BCUT2D eigenvalue weighted by molar-refractivity contribution is -0.155. The Balaban J connectivity index is 1.58. The minimum absolute atomic E-state index is 0.139. The number of fused-ring (bicyclic) bond motifs is 2. The maximum atomic E-state index is 13.9. The maximum Gasteiger partial charge on any atom is 0.335 e. The van der Waals surface area contributed by atoms with Gasteiger partial charge in [-0.15, -0.1) is 0 Å². The number of ketones is 1. The second-order valence-corrected chi connectivity index (χ2v) is 10.7. The number of carbonyl (C=O) groups excluding carboxylic acids is 2. The van der Waals surface area contributed by atoms with E-state index >= 15 is 0 Å². The van der Waals surface area contributed by atoms with Gasteiger partial charge in [-0.3, -0.25) is 14.4 Å². The molecule has 208 valence electrons. The number of H-pyrrole nitrogens is 1. The third-order valence-corrected chi connectivity index (χ3v) is 6.67. The average molecular weight is 554 g/mol. The topological polar surface area (TPSA) is 140 Å². The number of esters is 1. The summed E-state index contributed by atoms with van der Waals surface area (Å²) in [4.78, 5) is 65.9. The van der Waals surface area contributed by atoms with Gasteiger partial charge in [0.25, 0.3) is 5.56 Å². The minimum atomic E-state index is -1.03. The van der Waals surface area contributed by atoms with Crippen LogP contribution in [0.15, 0.2) is 76.4 Å². The van der Waals surface area contributed by atoms with Crippen LogP contribution in [0.1, 0.15) is 52.7 Å². The highest BCUT2D eigenvalue weighted by Gasteiger charge is 2.24. The Morgan fingerprint density at radius 3 is 2.29 bits per heavy atom. The van der Waals surface area contributed by atoms with Crippen molar-refractivity contribution in [1.29, 1.82) is 0 Å². The van der Waals surface area contributed by atoms with Crippen LogP contribution in [0.3, 0.4) is 0 Å². The molecule has 0 aliphatic rings. The monoisotopic (exact) mass is 553 g/mol. The number of aromatic carboxylic acids is 1. The third kappa shape index (κ3) is 5.07. The first-order valence-corrected chi connectivity index (χ1v) is 12.8. The quantitative estimate of drug-likeness (QED) is 0.237. The highest BCUT2D eigenvalue weighted by Crippen LogP contribution is 2.34. The van der Waals surface area contributed by atoms with Crippen molar-refractivity contribution in [3.63, 3.8) is 0 Å². The van der Waals surface area contributed by atoms with Crippen molar-refractivity contribution in [3.05, 3.63) is 110 Å². The number of carbonyl (C=O) groups is 3. The predicted octanol–water partition coefficient (Wildman–Crippen LogP) is 4.19. The minimum Gasteiger partial charge on any atom is -0.478 e. The molecular weight excluding hydrogens is 526 g/mol. The SMILES string of the molecule is Cc1c(-c2ccc(C(=O)O)cc2)c2ccccn2c1C(=O)c1ccc2c(=O)n(CC(=O)OC(C)(C)C)c(=O)[nH]c2c1. The van der Waals surface area contributed by atoms with Crippen molar-refractivity contribution >= 4 is 34.1 Å². The Morgan fingerprint density at radius 2 is 1.63 bits per heavy atom. The van der Waals surface area contributed by atoms with Gasteiger partial charge in [0.2, 0.25) is 5.78 Å². The fourth-order valence-corrected chi connectivity index (χ4v) is 4.94. The maximum absolute atomic E-state index is 13.9. The van der Waals surface area contributed by atoms with Crippen molar-refractivity contribution < 1.29 is 24.2 Å². The summed E-state index contributed by atoms with van der Waals surface area (Å²) >= 11 is 0. The molecule has 5 rings (SSSR count). The van der Waals surface area contributed by atoms with E-state index in [1.54, 1.807) is 49.6 Å². The molecule has 0 radical (unpaired) electrons. The average Bonchev–Trinajstić information content (AvgIpc) is 3.20. The first-order chi connectivity index (χ1) is 19.4. The van der Waals surface area contributed by atoms with Gasteiger partial charge in [0.15, 0.2) is 0 Å². The van der Waals surface area contributed by atoms with E-state index in [-0.39, 0.29) is 27.8 Å². The molecule has 2 aromatic carbocycles. The van der Waals surface area contributed by atoms with Crippen LogP contribution >= 0.6 is 0 Å². The summed E-state index contributed by atoms with van der Waals surface area (Å²) in [5.74, 6) is -2.09. The van der Waals surface area contributed by atoms with E-state index in [1.807, 2.05) is 19.1 Å². The number of nitrogens with zero attached hydrogens (tertiary/aromatic N) is 2. The van der Waals surface area contributed by atoms with Gasteiger partial charge in [0.05, 0.1) is 27.7 Å². The second kappa shape index (κ2) is 10.1. The second-order valence-electron chi connectivity index (χ2n) is 10.7. The fraction of sp³-hybridized carbons (Fsp3) is 0.194. The Labute approximate surface area is 233 Å². The summed E-state index contributed by atoms with van der Waals surface area (Å²) in [5.41, 5.74) is 1.68. The van der Waals surface area contributed by atoms with Crippen LogP contribution < -0.4 is 11.2 Å². The number of nitrogens with one attached hydrogen (secondary N) is 1. The third-order valence-electron chi connectivity index (χ3n) is 6.67. The molecule has 0 amide bonds. The number of aromatic nitrogens is 3. The molecule has 3 heterocycles. The summed E-state index contributed by atoms with van der Waals surface area (Å²) in [6.45, 7) is 6.33. The van der Waals surface area contributed by atoms with E-state index < -0.39 is 35.3 Å². The highest BCUT2D eigenvalue weighted by atomic mass is 16.6. The van der Waals surface area contributed by atoms with Gasteiger partial charge < -0.3 is 19.2 Å². The molecule has 0 atom stereocenters. The number of carboxylic acids is 1. The summed E-state index contributed by atoms with van der Waals surface area (Å²) in [6, 6.07) is 16.4. The Bertz CT molecular complexity index is 1990. The van der Waals surface area contributed by atoms with Gasteiger partial charge in [-0.2, -0.15) is 0 Å². The van der Waals surface area contributed by atoms with Crippen LogP contribution in [0, 0.1) is 6.92 Å². The fourth-order valence-electron chi connectivity index (χ4n) is 4.94. The summed E-state index contributed by atoms with van der Waals surface area (Å²) in [6.07, 6.45) is 1.77. The van der Waals surface area contributed by atoms with Gasteiger partial charge in [-0.05, 0) is 75.2 Å². The summed E-state index contributed by atoms with van der Waals surface area (Å²) in [5, 5.41) is 9.41. The van der Waals surface area contributed by atoms with Gasteiger partial charge in [-0.25, -0.2) is 14.2 Å². The zero-order valence-electron chi connectivity index (χ0n) is 22.8. The van der Waals surface area contributed by atoms with Crippen molar-refractivity contribution in [3.8, 4) is 11.1 Å². The molecule has 41 heavy (non-hydrogen) atoms. The summed E-state index contributed by atoms with van der Waals surface area (Å²) < 4.78 is 7.77. The normalized spacial score (nSPS) is 11.6. The smallest absolute Gasteiger partial charge is 0.335 e. The zero-order chi connectivity index (χ0) is 29.6. The summed E-state index contributed by atoms with van der Waals surface area (Å²) in [7, 11) is 0. The van der Waals surface area contributed by atoms with E-state index in [9.17, 15) is 29.1 Å². The molecule has 0 spiro atoms. The first-order valence-electron chi connectivity index (χ1n) is 12.8. The zero-order valence-corrected chi connectivity index (χ0v) is 22.8. The van der Waals surface area contributed by atoms with Gasteiger partial charge >= 0.3 is 17.6 Å².